The maximum Gasteiger partial charge on any atom is 0.332 e. The van der Waals surface area contributed by atoms with Gasteiger partial charge in [-0.25, -0.2) is 4.79 Å². The van der Waals surface area contributed by atoms with E-state index in [2.05, 4.69) is 6.58 Å². The van der Waals surface area contributed by atoms with Gasteiger partial charge in [-0.1, -0.05) is 36.4 Å². The van der Waals surface area contributed by atoms with Crippen molar-refractivity contribution in [3.8, 4) is 5.88 Å². The number of allylic oxidation sites excluding steroid dienone is 1. The van der Waals surface area contributed by atoms with E-state index >= 15 is 0 Å². The molecule has 1 aliphatic heterocycles. The molecule has 0 amide bonds. The highest BCUT2D eigenvalue weighted by atomic mass is 32.2. The first-order valence-electron chi connectivity index (χ1n) is 6.04. The predicted molar refractivity (Wildman–Crippen MR) is 76.4 cm³/mol. The van der Waals surface area contributed by atoms with E-state index in [-0.39, 0.29) is 16.9 Å². The fourth-order valence-electron chi connectivity index (χ4n) is 2.36. The number of hydrogen-bond acceptors (Lipinski definition) is 3. The summed E-state index contributed by atoms with van der Waals surface area (Å²) in [5.41, 5.74) is 1.60. The number of benzene rings is 1. The summed E-state index contributed by atoms with van der Waals surface area (Å²) < 4.78 is 3.04. The monoisotopic (exact) mass is 274 g/mol. The zero-order valence-corrected chi connectivity index (χ0v) is 11.1. The van der Waals surface area contributed by atoms with E-state index in [1.807, 2.05) is 30.3 Å². The molecule has 0 saturated heterocycles. The molecule has 98 valence electrons. The third-order valence-corrected chi connectivity index (χ3v) is 4.49. The molecule has 0 aliphatic carbocycles. The minimum atomic E-state index is -0.175. The van der Waals surface area contributed by atoms with Gasteiger partial charge in [-0.15, -0.1) is 18.3 Å². The summed E-state index contributed by atoms with van der Waals surface area (Å²) in [6, 6.07) is 9.87. The molecule has 1 atom stereocenters. The van der Waals surface area contributed by atoms with E-state index in [0.29, 0.717) is 18.0 Å². The lowest BCUT2D eigenvalue weighted by Gasteiger charge is -2.11. The van der Waals surface area contributed by atoms with E-state index in [1.54, 1.807) is 22.4 Å². The largest absolute Gasteiger partial charge is 0.493 e. The van der Waals surface area contributed by atoms with Gasteiger partial charge in [0.1, 0.15) is 5.37 Å². The highest BCUT2D eigenvalue weighted by Crippen LogP contribution is 2.42. The number of aromatic nitrogens is 2. The number of nitrogens with zero attached hydrogens (tertiary/aromatic N) is 2. The van der Waals surface area contributed by atoms with Gasteiger partial charge < -0.3 is 5.11 Å². The Kier molecular flexibility index (Phi) is 2.98. The molecule has 0 saturated carbocycles. The van der Waals surface area contributed by atoms with Crippen LogP contribution in [0.3, 0.4) is 0 Å². The van der Waals surface area contributed by atoms with Gasteiger partial charge in [0.15, 0.2) is 0 Å². The Hall–Kier alpha value is -1.88. The molecule has 0 bridgehead atoms. The van der Waals surface area contributed by atoms with Crippen molar-refractivity contribution in [2.24, 2.45) is 0 Å². The lowest BCUT2D eigenvalue weighted by atomic mass is 10.2. The van der Waals surface area contributed by atoms with Crippen LogP contribution in [0.2, 0.25) is 0 Å². The van der Waals surface area contributed by atoms with Crippen molar-refractivity contribution in [1.29, 1.82) is 0 Å². The van der Waals surface area contributed by atoms with Crippen LogP contribution in [0.25, 0.3) is 0 Å². The lowest BCUT2D eigenvalue weighted by Crippen LogP contribution is -2.25. The smallest absolute Gasteiger partial charge is 0.332 e. The van der Waals surface area contributed by atoms with Gasteiger partial charge in [0.25, 0.3) is 0 Å². The Morgan fingerprint density at radius 3 is 2.84 bits per heavy atom. The summed E-state index contributed by atoms with van der Waals surface area (Å²) >= 11 is 1.65. The summed E-state index contributed by atoms with van der Waals surface area (Å²) in [7, 11) is 0. The first kappa shape index (κ1) is 12.2. The minimum Gasteiger partial charge on any atom is -0.493 e. The molecular weight excluding hydrogens is 260 g/mol. The number of fused-ring (bicyclic) bond motifs is 1. The zero-order chi connectivity index (χ0) is 13.4. The molecule has 1 aromatic carbocycles. The van der Waals surface area contributed by atoms with Gasteiger partial charge >= 0.3 is 5.69 Å². The molecule has 5 heteroatoms. The second-order valence-electron chi connectivity index (χ2n) is 4.40. The second-order valence-corrected chi connectivity index (χ2v) is 5.46. The van der Waals surface area contributed by atoms with Crippen LogP contribution in [-0.4, -0.2) is 14.2 Å². The molecule has 1 aliphatic rings. The van der Waals surface area contributed by atoms with Crippen LogP contribution in [0.5, 0.6) is 5.88 Å². The molecule has 19 heavy (non-hydrogen) atoms. The van der Waals surface area contributed by atoms with Crippen LogP contribution in [0, 0.1) is 0 Å². The van der Waals surface area contributed by atoms with Crippen molar-refractivity contribution < 1.29 is 5.11 Å². The minimum absolute atomic E-state index is 0.0549. The fraction of sp³-hybridized carbons (Fsp3) is 0.214. The van der Waals surface area contributed by atoms with Crippen molar-refractivity contribution in [1.82, 2.24) is 9.13 Å². The van der Waals surface area contributed by atoms with Gasteiger partial charge in [-0.3, -0.25) is 9.13 Å². The van der Waals surface area contributed by atoms with E-state index in [0.717, 1.165) is 5.56 Å². The summed E-state index contributed by atoms with van der Waals surface area (Å²) in [5, 5.41) is 10.1. The first-order valence-corrected chi connectivity index (χ1v) is 7.09. The molecule has 1 unspecified atom stereocenters. The van der Waals surface area contributed by atoms with E-state index in [4.69, 9.17) is 0 Å². The topological polar surface area (TPSA) is 47.2 Å². The third kappa shape index (κ3) is 1.81. The average Bonchev–Trinajstić information content (AvgIpc) is 2.97. The van der Waals surface area contributed by atoms with E-state index in [1.165, 1.54) is 4.57 Å². The molecule has 3 rings (SSSR count). The Bertz CT molecular complexity index is 673. The summed E-state index contributed by atoms with van der Waals surface area (Å²) in [6.45, 7) is 3.94. The Morgan fingerprint density at radius 1 is 1.42 bits per heavy atom. The van der Waals surface area contributed by atoms with Crippen LogP contribution >= 0.6 is 11.8 Å². The van der Waals surface area contributed by atoms with Crippen molar-refractivity contribution in [3.63, 3.8) is 0 Å². The van der Waals surface area contributed by atoms with Crippen molar-refractivity contribution in [2.45, 2.75) is 17.7 Å². The SMILES string of the molecule is C=CCn1c(O)c2n(c1=O)C(c1ccccc1)SC2. The summed E-state index contributed by atoms with van der Waals surface area (Å²) in [6.07, 6.45) is 1.61. The first-order chi connectivity index (χ1) is 9.24. The van der Waals surface area contributed by atoms with Crippen LogP contribution in [0.1, 0.15) is 16.6 Å². The van der Waals surface area contributed by atoms with Crippen LogP contribution in [0.15, 0.2) is 47.8 Å². The predicted octanol–water partition coefficient (Wildman–Crippen LogP) is 2.34. The molecule has 0 spiro atoms. The molecule has 2 aromatic rings. The Morgan fingerprint density at radius 2 is 2.16 bits per heavy atom. The Balaban J connectivity index is 2.13. The van der Waals surface area contributed by atoms with Gasteiger partial charge in [-0.2, -0.15) is 0 Å². The highest BCUT2D eigenvalue weighted by molar-refractivity contribution is 7.99. The van der Waals surface area contributed by atoms with Crippen molar-refractivity contribution in [3.05, 3.63) is 64.7 Å². The highest BCUT2D eigenvalue weighted by Gasteiger charge is 2.31. The molecule has 0 radical (unpaired) electrons. The molecule has 2 heterocycles. The lowest BCUT2D eigenvalue weighted by molar-refractivity contribution is 0.419. The normalized spacial score (nSPS) is 17.4. The van der Waals surface area contributed by atoms with Crippen LogP contribution in [0.4, 0.5) is 0 Å². The molecular formula is C14H14N2O2S. The number of rotatable bonds is 3. The standard InChI is InChI=1S/C14H14N2O2S/c1-2-8-15-12(17)11-9-19-13(16(11)14(15)18)10-6-4-3-5-7-10/h2-7,13,17H,1,8-9H2. The molecule has 1 aromatic heterocycles. The maximum absolute atomic E-state index is 12.4. The van der Waals surface area contributed by atoms with Gasteiger partial charge in [0, 0.05) is 12.3 Å². The molecule has 0 fully saturated rings. The van der Waals surface area contributed by atoms with Crippen LogP contribution < -0.4 is 5.69 Å². The summed E-state index contributed by atoms with van der Waals surface area (Å²) in [5.74, 6) is 0.709. The maximum atomic E-state index is 12.4. The number of thioether (sulfide) groups is 1. The quantitative estimate of drug-likeness (QED) is 0.874. The van der Waals surface area contributed by atoms with E-state index in [9.17, 15) is 9.90 Å². The van der Waals surface area contributed by atoms with Crippen LogP contribution in [-0.2, 0) is 12.3 Å². The average molecular weight is 274 g/mol. The van der Waals surface area contributed by atoms with Gasteiger partial charge in [-0.05, 0) is 5.56 Å². The number of imidazole rings is 1. The number of aromatic hydroxyl groups is 1. The fourth-order valence-corrected chi connectivity index (χ4v) is 3.66. The third-order valence-electron chi connectivity index (χ3n) is 3.25. The van der Waals surface area contributed by atoms with Gasteiger partial charge in [0.2, 0.25) is 5.88 Å². The Labute approximate surface area is 115 Å². The van der Waals surface area contributed by atoms with Crippen molar-refractivity contribution >= 4 is 11.8 Å². The summed E-state index contributed by atoms with van der Waals surface area (Å²) in [4.78, 5) is 12.4. The molecule has 4 nitrogen and oxygen atoms in total. The zero-order valence-electron chi connectivity index (χ0n) is 10.3. The number of hydrogen-bond donors (Lipinski definition) is 1. The van der Waals surface area contributed by atoms with Crippen molar-refractivity contribution in [2.75, 3.05) is 0 Å². The molecule has 1 N–H and O–H groups in total. The second kappa shape index (κ2) is 4.66. The van der Waals surface area contributed by atoms with Gasteiger partial charge in [0.05, 0.1) is 5.69 Å². The van der Waals surface area contributed by atoms with E-state index < -0.39 is 0 Å².